The number of anilines is 2. The summed E-state index contributed by atoms with van der Waals surface area (Å²) in [7, 11) is 2.87. The Balaban J connectivity index is 1.80. The summed E-state index contributed by atoms with van der Waals surface area (Å²) in [6.45, 7) is 1.22. The minimum atomic E-state index is -1.25. The van der Waals surface area contributed by atoms with Gasteiger partial charge in [-0.25, -0.2) is 9.69 Å². The van der Waals surface area contributed by atoms with Gasteiger partial charge in [0.1, 0.15) is 5.75 Å². The molecule has 4 rings (SSSR count). The number of nitrogens with zero attached hydrogens (tertiary/aromatic N) is 2. The van der Waals surface area contributed by atoms with Crippen molar-refractivity contribution in [2.75, 3.05) is 30.6 Å². The highest BCUT2D eigenvalue weighted by Gasteiger charge is 2.39. The van der Waals surface area contributed by atoms with E-state index in [9.17, 15) is 24.6 Å². The molecule has 34 heavy (non-hydrogen) atoms. The fourth-order valence-electron chi connectivity index (χ4n) is 4.24. The van der Waals surface area contributed by atoms with E-state index >= 15 is 0 Å². The van der Waals surface area contributed by atoms with E-state index in [2.05, 4.69) is 0 Å². The number of carboxylic acid groups (broad SMARTS) is 1. The number of fused-ring (bicyclic) bond motifs is 1. The van der Waals surface area contributed by atoms with E-state index in [4.69, 9.17) is 4.74 Å². The summed E-state index contributed by atoms with van der Waals surface area (Å²) < 4.78 is 5.39. The zero-order chi connectivity index (χ0) is 24.6. The number of carbonyl (C=O) groups excluding carboxylic acids is 2. The molecule has 1 aliphatic rings. The van der Waals surface area contributed by atoms with E-state index in [0.29, 0.717) is 5.69 Å². The maximum absolute atomic E-state index is 13.4. The molecular weight excluding hydrogens is 436 g/mol. The first-order valence-corrected chi connectivity index (χ1v) is 10.6. The van der Waals surface area contributed by atoms with Gasteiger partial charge in [0, 0.05) is 7.05 Å². The number of amides is 2. The van der Waals surface area contributed by atoms with E-state index in [1.807, 2.05) is 43.3 Å². The monoisotopic (exact) mass is 460 g/mol. The van der Waals surface area contributed by atoms with Crippen LogP contribution in [0.15, 0.2) is 60.7 Å². The molecule has 0 aromatic heterocycles. The van der Waals surface area contributed by atoms with Crippen molar-refractivity contribution in [3.8, 4) is 16.9 Å². The van der Waals surface area contributed by atoms with E-state index in [1.165, 1.54) is 31.2 Å². The topological polar surface area (TPSA) is 107 Å². The van der Waals surface area contributed by atoms with Gasteiger partial charge in [-0.2, -0.15) is 0 Å². The molecule has 0 fully saturated rings. The summed E-state index contributed by atoms with van der Waals surface area (Å²) in [4.78, 5) is 40.8. The molecule has 174 valence electrons. The number of hydrogen-bond acceptors (Lipinski definition) is 6. The number of aliphatic hydroxyl groups is 1. The molecule has 0 radical (unpaired) electrons. The van der Waals surface area contributed by atoms with Crippen LogP contribution in [0.25, 0.3) is 11.1 Å². The van der Waals surface area contributed by atoms with Crippen molar-refractivity contribution in [1.82, 2.24) is 0 Å². The van der Waals surface area contributed by atoms with Crippen LogP contribution in [0.1, 0.15) is 26.3 Å². The number of imide groups is 1. The highest BCUT2D eigenvalue weighted by Crippen LogP contribution is 2.39. The molecule has 0 spiro atoms. The van der Waals surface area contributed by atoms with Crippen LogP contribution in [0.4, 0.5) is 11.4 Å². The number of likely N-dealkylation sites (N-methyl/N-ethyl adjacent to an activating group) is 1. The first kappa shape index (κ1) is 23.0. The van der Waals surface area contributed by atoms with Crippen molar-refractivity contribution in [1.29, 1.82) is 0 Å². The van der Waals surface area contributed by atoms with E-state index < -0.39 is 30.4 Å². The van der Waals surface area contributed by atoms with Crippen molar-refractivity contribution < 1.29 is 29.3 Å². The summed E-state index contributed by atoms with van der Waals surface area (Å²) >= 11 is 0. The van der Waals surface area contributed by atoms with Gasteiger partial charge < -0.3 is 19.8 Å². The Morgan fingerprint density at radius 1 is 1.00 bits per heavy atom. The van der Waals surface area contributed by atoms with Crippen molar-refractivity contribution in [2.45, 2.75) is 13.0 Å². The van der Waals surface area contributed by atoms with Crippen LogP contribution >= 0.6 is 0 Å². The van der Waals surface area contributed by atoms with Crippen LogP contribution < -0.4 is 14.5 Å². The zero-order valence-corrected chi connectivity index (χ0v) is 19.0. The molecule has 1 aliphatic heterocycles. The standard InChI is InChI=1S/C26H24N2O6/c1-15-17(16-8-5-4-6-9-16)10-7-11-20(15)28-24(30)18-12-21(27(2)22(14-29)26(32)33)23(34-3)13-19(18)25(28)31/h4-13,22,29H,14H2,1-3H3,(H,32,33)/t22-/m0/s1. The molecule has 2 N–H and O–H groups in total. The molecular formula is C26H24N2O6. The van der Waals surface area contributed by atoms with Crippen LogP contribution in [0.2, 0.25) is 0 Å². The lowest BCUT2D eigenvalue weighted by Crippen LogP contribution is -2.41. The molecule has 1 heterocycles. The number of rotatable bonds is 7. The van der Waals surface area contributed by atoms with Gasteiger partial charge >= 0.3 is 5.97 Å². The Bertz CT molecular complexity index is 1290. The lowest BCUT2D eigenvalue weighted by atomic mass is 9.99. The van der Waals surface area contributed by atoms with Crippen LogP contribution in [0, 0.1) is 6.92 Å². The third kappa shape index (κ3) is 3.68. The number of carboxylic acids is 1. The minimum absolute atomic E-state index is 0.138. The lowest BCUT2D eigenvalue weighted by Gasteiger charge is -2.27. The quantitative estimate of drug-likeness (QED) is 0.521. The van der Waals surface area contributed by atoms with Gasteiger partial charge in [-0.1, -0.05) is 42.5 Å². The Morgan fingerprint density at radius 3 is 2.24 bits per heavy atom. The molecule has 0 aliphatic carbocycles. The Labute approximate surface area is 196 Å². The molecule has 8 nitrogen and oxygen atoms in total. The highest BCUT2D eigenvalue weighted by atomic mass is 16.5. The number of hydrogen-bond donors (Lipinski definition) is 2. The smallest absolute Gasteiger partial charge is 0.328 e. The second kappa shape index (κ2) is 8.99. The summed E-state index contributed by atoms with van der Waals surface area (Å²) in [5.74, 6) is -2.01. The van der Waals surface area contributed by atoms with Crippen molar-refractivity contribution in [2.24, 2.45) is 0 Å². The maximum atomic E-state index is 13.4. The summed E-state index contributed by atoms with van der Waals surface area (Å²) in [6.07, 6.45) is 0. The number of methoxy groups -OCH3 is 1. The number of aliphatic hydroxyl groups excluding tert-OH is 1. The van der Waals surface area contributed by atoms with Gasteiger partial charge in [0.25, 0.3) is 11.8 Å². The van der Waals surface area contributed by atoms with Gasteiger partial charge in [0.2, 0.25) is 0 Å². The normalized spacial score (nSPS) is 13.6. The fraction of sp³-hybridized carbons (Fsp3) is 0.192. The molecule has 0 saturated carbocycles. The average Bonchev–Trinajstić information content (AvgIpc) is 3.08. The molecule has 3 aromatic carbocycles. The molecule has 3 aromatic rings. The number of benzene rings is 3. The zero-order valence-electron chi connectivity index (χ0n) is 19.0. The van der Waals surface area contributed by atoms with Crippen LogP contribution in [-0.2, 0) is 4.79 Å². The van der Waals surface area contributed by atoms with E-state index in [-0.39, 0.29) is 22.6 Å². The number of aliphatic carboxylic acids is 1. The molecule has 0 saturated heterocycles. The van der Waals surface area contributed by atoms with Crippen LogP contribution in [0.5, 0.6) is 5.75 Å². The molecule has 1 atom stereocenters. The van der Waals surface area contributed by atoms with Crippen molar-refractivity contribution in [3.63, 3.8) is 0 Å². The summed E-state index contributed by atoms with van der Waals surface area (Å²) in [6, 6.07) is 16.8. The van der Waals surface area contributed by atoms with E-state index in [0.717, 1.165) is 21.6 Å². The Hall–Kier alpha value is -4.17. The number of carbonyl (C=O) groups is 3. The average molecular weight is 460 g/mol. The lowest BCUT2D eigenvalue weighted by molar-refractivity contribution is -0.139. The van der Waals surface area contributed by atoms with E-state index in [1.54, 1.807) is 12.1 Å². The first-order chi connectivity index (χ1) is 16.3. The predicted octanol–water partition coefficient (Wildman–Crippen LogP) is 3.35. The SMILES string of the molecule is COc1cc2c(cc1N(C)[C@@H](CO)C(=O)O)C(=O)N(c1cccc(-c3ccccc3)c1C)C2=O. The number of ether oxygens (including phenoxy) is 1. The second-order valence-electron chi connectivity index (χ2n) is 7.98. The van der Waals surface area contributed by atoms with Gasteiger partial charge in [-0.05, 0) is 41.8 Å². The highest BCUT2D eigenvalue weighted by molar-refractivity contribution is 6.35. The van der Waals surface area contributed by atoms with Gasteiger partial charge in [0.05, 0.1) is 36.2 Å². The van der Waals surface area contributed by atoms with Crippen LogP contribution in [0.3, 0.4) is 0 Å². The van der Waals surface area contributed by atoms with Gasteiger partial charge in [-0.15, -0.1) is 0 Å². The van der Waals surface area contributed by atoms with Crippen LogP contribution in [-0.4, -0.2) is 54.8 Å². The largest absolute Gasteiger partial charge is 0.495 e. The van der Waals surface area contributed by atoms with Crippen molar-refractivity contribution in [3.05, 3.63) is 77.4 Å². The summed E-state index contributed by atoms with van der Waals surface area (Å²) in [5.41, 5.74) is 3.70. The molecule has 0 bridgehead atoms. The Kier molecular flexibility index (Phi) is 6.08. The molecule has 8 heteroatoms. The Morgan fingerprint density at radius 2 is 1.65 bits per heavy atom. The minimum Gasteiger partial charge on any atom is -0.495 e. The predicted molar refractivity (Wildman–Crippen MR) is 128 cm³/mol. The molecule has 0 unspecified atom stereocenters. The maximum Gasteiger partial charge on any atom is 0.328 e. The van der Waals surface area contributed by atoms with Crippen molar-refractivity contribution >= 4 is 29.2 Å². The third-order valence-electron chi connectivity index (χ3n) is 6.12. The molecule has 2 amide bonds. The first-order valence-electron chi connectivity index (χ1n) is 10.6. The second-order valence-corrected chi connectivity index (χ2v) is 7.98. The van der Waals surface area contributed by atoms with Gasteiger partial charge in [0.15, 0.2) is 6.04 Å². The third-order valence-corrected chi connectivity index (χ3v) is 6.12. The summed E-state index contributed by atoms with van der Waals surface area (Å²) in [5, 5.41) is 19.0. The fourth-order valence-corrected chi connectivity index (χ4v) is 4.24. The van der Waals surface area contributed by atoms with Gasteiger partial charge in [-0.3, -0.25) is 9.59 Å².